The lowest BCUT2D eigenvalue weighted by atomic mass is 9.80. The van der Waals surface area contributed by atoms with Crippen LogP contribution in [0, 0.1) is 5.41 Å². The van der Waals surface area contributed by atoms with Crippen LogP contribution in [0.1, 0.15) is 46.5 Å². The van der Waals surface area contributed by atoms with E-state index < -0.39 is 11.5 Å². The molecule has 4 nitrogen and oxygen atoms in total. The van der Waals surface area contributed by atoms with Gasteiger partial charge in [0.2, 0.25) is 17.6 Å². The first-order valence-corrected chi connectivity index (χ1v) is 7.01. The highest BCUT2D eigenvalue weighted by Gasteiger charge is 2.57. The van der Waals surface area contributed by atoms with Crippen LogP contribution in [-0.2, 0) is 14.4 Å². The lowest BCUT2D eigenvalue weighted by Gasteiger charge is -2.48. The van der Waals surface area contributed by atoms with E-state index in [4.69, 9.17) is 4.84 Å². The quantitative estimate of drug-likeness (QED) is 0.558. The second-order valence-electron chi connectivity index (χ2n) is 6.20. The van der Waals surface area contributed by atoms with Gasteiger partial charge in [0, 0.05) is 6.42 Å². The van der Waals surface area contributed by atoms with E-state index in [1.807, 2.05) is 20.8 Å². The third-order valence-corrected chi connectivity index (χ3v) is 4.30. The third-order valence-electron chi connectivity index (χ3n) is 4.30. The highest BCUT2D eigenvalue weighted by atomic mass is 16.7. The molecule has 2 rings (SSSR count). The summed E-state index contributed by atoms with van der Waals surface area (Å²) in [6, 6.07) is -0.584. The zero-order valence-corrected chi connectivity index (χ0v) is 11.7. The van der Waals surface area contributed by atoms with Gasteiger partial charge >= 0.3 is 0 Å². The van der Waals surface area contributed by atoms with Crippen molar-refractivity contribution in [3.05, 3.63) is 0 Å². The smallest absolute Gasteiger partial charge is 0.237 e. The van der Waals surface area contributed by atoms with Gasteiger partial charge in [0.05, 0.1) is 5.41 Å². The summed E-state index contributed by atoms with van der Waals surface area (Å²) in [7, 11) is 0. The summed E-state index contributed by atoms with van der Waals surface area (Å²) in [5.41, 5.74) is -0.531. The summed E-state index contributed by atoms with van der Waals surface area (Å²) in [4.78, 5) is 30.8. The predicted molar refractivity (Wildman–Crippen MR) is 67.7 cm³/mol. The van der Waals surface area contributed by atoms with Gasteiger partial charge in [-0.3, -0.25) is 9.59 Å². The van der Waals surface area contributed by atoms with E-state index in [1.54, 1.807) is 0 Å². The maximum atomic E-state index is 12.6. The predicted octanol–water partition coefficient (Wildman–Crippen LogP) is 1.88. The fourth-order valence-electron chi connectivity index (χ4n) is 3.06. The van der Waals surface area contributed by atoms with Gasteiger partial charge in [0.15, 0.2) is 0 Å². The number of hydroxylamine groups is 3. The number of ketones is 2. The molecule has 0 radical (unpaired) electrons. The van der Waals surface area contributed by atoms with Crippen molar-refractivity contribution in [1.29, 1.82) is 0 Å². The maximum absolute atomic E-state index is 12.6. The SMILES string of the molecule is CCC(=O)C1C(=O)C(C)(C)CO[N+]12CCCCC2. The van der Waals surface area contributed by atoms with Crippen LogP contribution in [0.4, 0.5) is 0 Å². The second-order valence-corrected chi connectivity index (χ2v) is 6.20. The van der Waals surface area contributed by atoms with Crippen molar-refractivity contribution in [1.82, 2.24) is 0 Å². The minimum Gasteiger partial charge on any atom is -0.292 e. The van der Waals surface area contributed by atoms with Crippen LogP contribution in [0.5, 0.6) is 0 Å². The highest BCUT2D eigenvalue weighted by molar-refractivity contribution is 6.07. The highest BCUT2D eigenvalue weighted by Crippen LogP contribution is 2.36. The minimum atomic E-state index is -0.584. The number of carbonyl (C=O) groups is 2. The number of quaternary nitrogens is 1. The molecule has 0 N–H and O–H groups in total. The van der Waals surface area contributed by atoms with Gasteiger partial charge in [-0.15, -0.1) is 0 Å². The first-order valence-electron chi connectivity index (χ1n) is 7.01. The minimum absolute atomic E-state index is 0.0367. The molecule has 0 aromatic rings. The van der Waals surface area contributed by atoms with Crippen LogP contribution < -0.4 is 0 Å². The van der Waals surface area contributed by atoms with Crippen LogP contribution >= 0.6 is 0 Å². The molecule has 0 amide bonds. The van der Waals surface area contributed by atoms with Crippen LogP contribution in [0.25, 0.3) is 0 Å². The largest absolute Gasteiger partial charge is 0.292 e. The van der Waals surface area contributed by atoms with Gasteiger partial charge in [0.1, 0.15) is 19.7 Å². The van der Waals surface area contributed by atoms with Gasteiger partial charge < -0.3 is 0 Å². The van der Waals surface area contributed by atoms with E-state index in [0.29, 0.717) is 13.0 Å². The molecule has 0 aliphatic carbocycles. The Labute approximate surface area is 109 Å². The van der Waals surface area contributed by atoms with E-state index >= 15 is 0 Å². The number of piperidine rings is 1. The Morgan fingerprint density at radius 1 is 1.33 bits per heavy atom. The number of carbonyl (C=O) groups excluding carboxylic acids is 2. The van der Waals surface area contributed by atoms with Crippen LogP contribution in [0.2, 0.25) is 0 Å². The molecule has 1 unspecified atom stereocenters. The summed E-state index contributed by atoms with van der Waals surface area (Å²) in [6.07, 6.45) is 3.67. The standard InChI is InChI=1S/C14H24NO3/c1-4-11(16)12-13(17)14(2,3)10-18-15(12)8-6-5-7-9-15/h12H,4-10H2,1-3H3/q+1. The average molecular weight is 254 g/mol. The van der Waals surface area contributed by atoms with Crippen LogP contribution in [-0.4, -0.2) is 42.0 Å². The molecule has 0 bridgehead atoms. The van der Waals surface area contributed by atoms with Crippen molar-refractivity contribution in [2.75, 3.05) is 19.7 Å². The van der Waals surface area contributed by atoms with Crippen molar-refractivity contribution >= 4 is 11.6 Å². The number of hydrogen-bond acceptors (Lipinski definition) is 3. The lowest BCUT2D eigenvalue weighted by Crippen LogP contribution is -2.69. The Bertz CT molecular complexity index is 356. The maximum Gasteiger partial charge on any atom is 0.237 e. The summed E-state index contributed by atoms with van der Waals surface area (Å²) in [5, 5.41) is 0. The topological polar surface area (TPSA) is 43.4 Å². The molecule has 2 aliphatic heterocycles. The van der Waals surface area contributed by atoms with E-state index in [9.17, 15) is 9.59 Å². The lowest BCUT2D eigenvalue weighted by molar-refractivity contribution is -1.12. The van der Waals surface area contributed by atoms with Gasteiger partial charge in [-0.2, -0.15) is 4.65 Å². The summed E-state index contributed by atoms with van der Waals surface area (Å²) >= 11 is 0. The van der Waals surface area contributed by atoms with E-state index in [2.05, 4.69) is 0 Å². The number of nitrogens with zero attached hydrogens (tertiary/aromatic N) is 1. The summed E-state index contributed by atoms with van der Waals surface area (Å²) in [5.74, 6) is 0.108. The fourth-order valence-corrected chi connectivity index (χ4v) is 3.06. The molecule has 102 valence electrons. The average Bonchev–Trinajstić information content (AvgIpc) is 2.36. The Hall–Kier alpha value is -0.740. The van der Waals surface area contributed by atoms with Gasteiger partial charge in [-0.05, 0) is 19.3 Å². The summed E-state index contributed by atoms with van der Waals surface area (Å²) in [6.45, 7) is 7.63. The Balaban J connectivity index is 2.34. The van der Waals surface area contributed by atoms with E-state index in [0.717, 1.165) is 25.9 Å². The molecule has 2 saturated heterocycles. The molecule has 0 saturated carbocycles. The zero-order valence-electron chi connectivity index (χ0n) is 11.7. The number of hydrogen-bond donors (Lipinski definition) is 0. The fraction of sp³-hybridized carbons (Fsp3) is 0.857. The second kappa shape index (κ2) is 4.74. The molecule has 0 aromatic heterocycles. The van der Waals surface area contributed by atoms with Gasteiger partial charge in [-0.1, -0.05) is 20.8 Å². The van der Waals surface area contributed by atoms with Gasteiger partial charge in [-0.25, -0.2) is 4.84 Å². The van der Waals surface area contributed by atoms with E-state index in [-0.39, 0.29) is 16.2 Å². The molecule has 2 aliphatic rings. The molecule has 0 aromatic carbocycles. The molecule has 2 heterocycles. The normalized spacial score (nSPS) is 30.4. The Kier molecular flexibility index (Phi) is 3.60. The zero-order chi connectivity index (χ0) is 13.4. The number of rotatable bonds is 2. The molecule has 1 spiro atoms. The molecular formula is C14H24NO3+. The first kappa shape index (κ1) is 13.7. The molecule has 4 heteroatoms. The Morgan fingerprint density at radius 3 is 2.50 bits per heavy atom. The first-order chi connectivity index (χ1) is 8.43. The van der Waals surface area contributed by atoms with Crippen molar-refractivity contribution in [3.8, 4) is 0 Å². The summed E-state index contributed by atoms with van der Waals surface area (Å²) < 4.78 is 0.273. The van der Waals surface area contributed by atoms with Crippen LogP contribution in [0.15, 0.2) is 0 Å². The van der Waals surface area contributed by atoms with Crippen molar-refractivity contribution in [3.63, 3.8) is 0 Å². The van der Waals surface area contributed by atoms with Crippen molar-refractivity contribution < 1.29 is 19.1 Å². The van der Waals surface area contributed by atoms with Crippen LogP contribution in [0.3, 0.4) is 0 Å². The molecule has 1 atom stereocenters. The third kappa shape index (κ3) is 2.12. The monoisotopic (exact) mass is 254 g/mol. The molecule has 2 fully saturated rings. The number of Topliss-reactive ketones (excluding diaryl/α,β-unsaturated/α-hetero) is 2. The van der Waals surface area contributed by atoms with E-state index in [1.165, 1.54) is 6.42 Å². The van der Waals surface area contributed by atoms with Crippen molar-refractivity contribution in [2.24, 2.45) is 5.41 Å². The Morgan fingerprint density at radius 2 is 1.94 bits per heavy atom. The molecular weight excluding hydrogens is 230 g/mol. The van der Waals surface area contributed by atoms with Crippen molar-refractivity contribution in [2.45, 2.75) is 52.5 Å². The van der Waals surface area contributed by atoms with Gasteiger partial charge in [0.25, 0.3) is 0 Å². The molecule has 18 heavy (non-hydrogen) atoms.